The molecule has 0 saturated heterocycles. The summed E-state index contributed by atoms with van der Waals surface area (Å²) in [5.41, 5.74) is 1.47. The van der Waals surface area contributed by atoms with Crippen LogP contribution in [0.2, 0.25) is 10.0 Å². The van der Waals surface area contributed by atoms with Crippen molar-refractivity contribution in [2.75, 3.05) is 0 Å². The minimum absolute atomic E-state index is 0.161. The maximum Gasteiger partial charge on any atom is 0.199 e. The first-order valence-electron chi connectivity index (χ1n) is 5.87. The van der Waals surface area contributed by atoms with E-state index in [-0.39, 0.29) is 12.2 Å². The Kier molecular flexibility index (Phi) is 6.55. The molecule has 0 unspecified atom stereocenters. The molecule has 0 aliphatic heterocycles. The van der Waals surface area contributed by atoms with E-state index in [1.807, 2.05) is 12.1 Å². The molecule has 22 heavy (non-hydrogen) atoms. The van der Waals surface area contributed by atoms with Gasteiger partial charge in [-0.1, -0.05) is 23.2 Å². The van der Waals surface area contributed by atoms with Gasteiger partial charge in [0.1, 0.15) is 17.7 Å². The highest BCUT2D eigenvalue weighted by molar-refractivity contribution is 6.32. The second kappa shape index (κ2) is 8.16. The van der Waals surface area contributed by atoms with Gasteiger partial charge in [0.15, 0.2) is 11.9 Å². The van der Waals surface area contributed by atoms with Crippen molar-refractivity contribution in [3.05, 3.63) is 62.3 Å². The van der Waals surface area contributed by atoms with E-state index in [4.69, 9.17) is 38.8 Å². The van der Waals surface area contributed by atoms with Crippen LogP contribution in [0.4, 0.5) is 0 Å². The summed E-state index contributed by atoms with van der Waals surface area (Å²) in [5.74, 6) is 0. The van der Waals surface area contributed by atoms with E-state index in [9.17, 15) is 5.21 Å². The number of halogens is 2. The Morgan fingerprint density at radius 1 is 1.23 bits per heavy atom. The van der Waals surface area contributed by atoms with Gasteiger partial charge in [0.2, 0.25) is 0 Å². The normalized spacial score (nSPS) is 9.18. The molecule has 0 aliphatic rings. The molecule has 112 valence electrons. The number of pyridine rings is 2. The fraction of sp³-hybridized carbons (Fsp3) is 0.143. The van der Waals surface area contributed by atoms with Gasteiger partial charge < -0.3 is 10.3 Å². The minimum atomic E-state index is -0.161. The third kappa shape index (κ3) is 4.57. The average Bonchev–Trinajstić information content (AvgIpc) is 2.51. The largest absolute Gasteiger partial charge is 0.618 e. The van der Waals surface area contributed by atoms with Crippen LogP contribution in [-0.2, 0) is 6.61 Å². The zero-order chi connectivity index (χ0) is 16.7. The molecule has 0 aliphatic carbocycles. The number of nitrogens with zero attached hydrogens (tertiary/aromatic N) is 4. The summed E-state index contributed by atoms with van der Waals surface area (Å²) in [6, 6.07) is 6.62. The molecule has 2 rings (SSSR count). The van der Waals surface area contributed by atoms with E-state index in [2.05, 4.69) is 4.98 Å². The van der Waals surface area contributed by atoms with Gasteiger partial charge in [-0.05, 0) is 6.07 Å². The van der Waals surface area contributed by atoms with E-state index in [0.29, 0.717) is 31.7 Å². The molecule has 0 radical (unpaired) electrons. The lowest BCUT2D eigenvalue weighted by Gasteiger charge is -2.00. The van der Waals surface area contributed by atoms with Crippen LogP contribution in [0.5, 0.6) is 0 Å². The molecule has 2 aromatic heterocycles. The summed E-state index contributed by atoms with van der Waals surface area (Å²) >= 11 is 11.3. The predicted octanol–water partition coefficient (Wildman–Crippen LogP) is 2.25. The van der Waals surface area contributed by atoms with Gasteiger partial charge in [-0.25, -0.2) is 0 Å². The van der Waals surface area contributed by atoms with Crippen molar-refractivity contribution in [1.82, 2.24) is 4.98 Å². The molecule has 0 spiro atoms. The van der Waals surface area contributed by atoms with Crippen molar-refractivity contribution < 1.29 is 9.84 Å². The van der Waals surface area contributed by atoms with Crippen molar-refractivity contribution in [2.45, 2.75) is 13.5 Å². The van der Waals surface area contributed by atoms with Crippen LogP contribution in [-0.4, -0.2) is 10.1 Å². The van der Waals surface area contributed by atoms with Crippen molar-refractivity contribution in [2.24, 2.45) is 0 Å². The Morgan fingerprint density at radius 3 is 2.32 bits per heavy atom. The van der Waals surface area contributed by atoms with Crippen LogP contribution in [0.1, 0.15) is 22.5 Å². The van der Waals surface area contributed by atoms with E-state index in [0.717, 1.165) is 6.20 Å². The number of nitriles is 2. The van der Waals surface area contributed by atoms with Crippen molar-refractivity contribution in [3.8, 4) is 12.1 Å². The molecular formula is C14H10Cl2N4O2. The molecule has 0 aromatic carbocycles. The van der Waals surface area contributed by atoms with Crippen LogP contribution < -0.4 is 4.73 Å². The molecule has 0 saturated carbocycles. The van der Waals surface area contributed by atoms with Crippen LogP contribution in [0, 0.1) is 34.8 Å². The van der Waals surface area contributed by atoms with Gasteiger partial charge in [0, 0.05) is 19.2 Å². The number of hydrogen-bond acceptors (Lipinski definition) is 5. The van der Waals surface area contributed by atoms with Crippen LogP contribution in [0.3, 0.4) is 0 Å². The van der Waals surface area contributed by atoms with Gasteiger partial charge in [-0.2, -0.15) is 15.3 Å². The first-order valence-corrected chi connectivity index (χ1v) is 6.63. The lowest BCUT2D eigenvalue weighted by Crippen LogP contribution is -2.29. The highest BCUT2D eigenvalue weighted by Gasteiger charge is 2.06. The Morgan fingerprint density at radius 2 is 1.82 bits per heavy atom. The number of aryl methyl sites for hydroxylation is 1. The first-order chi connectivity index (χ1) is 10.4. The smallest absolute Gasteiger partial charge is 0.199 e. The van der Waals surface area contributed by atoms with Gasteiger partial charge in [0.25, 0.3) is 0 Å². The zero-order valence-corrected chi connectivity index (χ0v) is 12.9. The molecular weight excluding hydrogens is 327 g/mol. The van der Waals surface area contributed by atoms with Crippen LogP contribution in [0.25, 0.3) is 0 Å². The summed E-state index contributed by atoms with van der Waals surface area (Å²) in [5, 5.41) is 37.0. The summed E-state index contributed by atoms with van der Waals surface area (Å²) in [6.45, 7) is 1.46. The Balaban J connectivity index is 0.000000220. The first kappa shape index (κ1) is 17.7. The Bertz CT molecular complexity index is 767. The summed E-state index contributed by atoms with van der Waals surface area (Å²) in [6.07, 6.45) is 2.51. The second-order valence-corrected chi connectivity index (χ2v) is 4.85. The zero-order valence-electron chi connectivity index (χ0n) is 11.4. The molecule has 1 N–H and O–H groups in total. The van der Waals surface area contributed by atoms with E-state index >= 15 is 0 Å². The average molecular weight is 337 g/mol. The summed E-state index contributed by atoms with van der Waals surface area (Å²) < 4.78 is 0.616. The Hall–Kier alpha value is -2.38. The van der Waals surface area contributed by atoms with Crippen molar-refractivity contribution in [3.63, 3.8) is 0 Å². The molecule has 0 fully saturated rings. The third-order valence-electron chi connectivity index (χ3n) is 2.50. The van der Waals surface area contributed by atoms with Gasteiger partial charge in [0.05, 0.1) is 27.9 Å². The quantitative estimate of drug-likeness (QED) is 0.634. The molecule has 2 heterocycles. The lowest BCUT2D eigenvalue weighted by molar-refractivity contribution is -0.612. The molecule has 0 amide bonds. The Labute approximate surface area is 137 Å². The molecule has 2 aromatic rings. The highest BCUT2D eigenvalue weighted by atomic mass is 35.5. The fourth-order valence-corrected chi connectivity index (χ4v) is 1.79. The number of rotatable bonds is 1. The SMILES string of the molecule is Cc1cc(Cl)c(C#N)c[n+]1[O-].N#Cc1cnc(CO)cc1Cl. The molecule has 6 nitrogen and oxygen atoms in total. The standard InChI is InChI=1S/2C7H5ClN2O/c8-7-1-6(4-11)10-3-5(7)2-9;1-5-2-7(8)6(3-9)4-10(5)11/h1,3,11H,4H2;2,4H,1H3. The number of aliphatic hydroxyl groups excluding tert-OH is 1. The van der Waals surface area contributed by atoms with Crippen molar-refractivity contribution in [1.29, 1.82) is 10.5 Å². The van der Waals surface area contributed by atoms with Crippen molar-refractivity contribution >= 4 is 23.2 Å². The van der Waals surface area contributed by atoms with Gasteiger partial charge >= 0.3 is 0 Å². The monoisotopic (exact) mass is 336 g/mol. The van der Waals surface area contributed by atoms with E-state index in [1.165, 1.54) is 18.3 Å². The fourth-order valence-electron chi connectivity index (χ4n) is 1.33. The van der Waals surface area contributed by atoms with E-state index < -0.39 is 0 Å². The number of aliphatic hydroxyl groups is 1. The molecule has 0 bridgehead atoms. The maximum atomic E-state index is 10.9. The lowest BCUT2D eigenvalue weighted by atomic mass is 10.3. The highest BCUT2D eigenvalue weighted by Crippen LogP contribution is 2.14. The summed E-state index contributed by atoms with van der Waals surface area (Å²) in [4.78, 5) is 3.77. The van der Waals surface area contributed by atoms with Crippen LogP contribution >= 0.6 is 23.2 Å². The molecule has 0 atom stereocenters. The number of hydrogen-bond donors (Lipinski definition) is 1. The minimum Gasteiger partial charge on any atom is -0.618 e. The van der Waals surface area contributed by atoms with Gasteiger partial charge in [-0.3, -0.25) is 4.98 Å². The van der Waals surface area contributed by atoms with Gasteiger partial charge in [-0.15, -0.1) is 0 Å². The molecule has 8 heteroatoms. The van der Waals surface area contributed by atoms with Crippen LogP contribution in [0.15, 0.2) is 24.5 Å². The number of aromatic nitrogens is 2. The summed E-state index contributed by atoms with van der Waals surface area (Å²) in [7, 11) is 0. The second-order valence-electron chi connectivity index (χ2n) is 4.04. The predicted molar refractivity (Wildman–Crippen MR) is 79.7 cm³/mol. The maximum absolute atomic E-state index is 10.9. The third-order valence-corrected chi connectivity index (χ3v) is 3.13. The topological polar surface area (TPSA) is 108 Å². The van der Waals surface area contributed by atoms with E-state index in [1.54, 1.807) is 6.92 Å².